The van der Waals surface area contributed by atoms with Crippen molar-refractivity contribution in [3.8, 4) is 5.75 Å². The number of nitrogens with zero attached hydrogens (tertiary/aromatic N) is 1. The Morgan fingerprint density at radius 2 is 1.70 bits per heavy atom. The summed E-state index contributed by atoms with van der Waals surface area (Å²) in [6.07, 6.45) is 1.92. The quantitative estimate of drug-likeness (QED) is 0.703. The van der Waals surface area contributed by atoms with Gasteiger partial charge in [-0.25, -0.2) is 0 Å². The lowest BCUT2D eigenvalue weighted by molar-refractivity contribution is -0.111. The zero-order valence-electron chi connectivity index (χ0n) is 14.0. The molecule has 0 radical (unpaired) electrons. The summed E-state index contributed by atoms with van der Waals surface area (Å²) in [7, 11) is 0. The van der Waals surface area contributed by atoms with Crippen LogP contribution in [-0.2, 0) is 4.79 Å². The second-order valence-electron chi connectivity index (χ2n) is 5.18. The third kappa shape index (κ3) is 4.46. The molecular formula is C20H23NO2. The fraction of sp³-hybridized carbons (Fsp3) is 0.250. The molecule has 2 rings (SSSR count). The van der Waals surface area contributed by atoms with Crippen molar-refractivity contribution in [2.24, 2.45) is 0 Å². The number of benzene rings is 2. The molecule has 2 aromatic rings. The van der Waals surface area contributed by atoms with E-state index in [2.05, 4.69) is 11.8 Å². The van der Waals surface area contributed by atoms with Crippen LogP contribution in [0.15, 0.2) is 60.8 Å². The molecule has 0 heterocycles. The lowest BCUT2D eigenvalue weighted by Gasteiger charge is -2.20. The number of hydrogen-bond acceptors (Lipinski definition) is 3. The van der Waals surface area contributed by atoms with Crippen molar-refractivity contribution in [3.05, 3.63) is 66.4 Å². The monoisotopic (exact) mass is 309 g/mol. The van der Waals surface area contributed by atoms with E-state index in [-0.39, 0.29) is 5.78 Å². The predicted octanol–water partition coefficient (Wildman–Crippen LogP) is 4.54. The van der Waals surface area contributed by atoms with Crippen molar-refractivity contribution in [3.63, 3.8) is 0 Å². The maximum atomic E-state index is 12.1. The van der Waals surface area contributed by atoms with Gasteiger partial charge in [0.1, 0.15) is 5.75 Å². The first-order valence-electron chi connectivity index (χ1n) is 7.93. The number of hydrogen-bond donors (Lipinski definition) is 0. The number of Topliss-reactive ketones (excluding diaryl/α,β-unsaturated/α-hetero) is 1. The molecule has 2 aromatic carbocycles. The van der Waals surface area contributed by atoms with Gasteiger partial charge in [-0.05, 0) is 50.6 Å². The Bertz CT molecular complexity index is 660. The van der Waals surface area contributed by atoms with E-state index >= 15 is 0 Å². The number of anilines is 1. The second-order valence-corrected chi connectivity index (χ2v) is 5.18. The fourth-order valence-corrected chi connectivity index (χ4v) is 2.39. The summed E-state index contributed by atoms with van der Waals surface area (Å²) in [5.41, 5.74) is 2.66. The molecule has 0 fully saturated rings. The van der Waals surface area contributed by atoms with Crippen molar-refractivity contribution < 1.29 is 9.53 Å². The number of para-hydroxylation sites is 1. The normalized spacial score (nSPS) is 11.2. The molecule has 0 aliphatic carbocycles. The lowest BCUT2D eigenvalue weighted by atomic mass is 10.0. The zero-order valence-corrected chi connectivity index (χ0v) is 14.0. The zero-order chi connectivity index (χ0) is 16.7. The van der Waals surface area contributed by atoms with Crippen LogP contribution in [0.3, 0.4) is 0 Å². The van der Waals surface area contributed by atoms with Gasteiger partial charge in [0.2, 0.25) is 0 Å². The van der Waals surface area contributed by atoms with Crippen molar-refractivity contribution >= 4 is 17.0 Å². The van der Waals surface area contributed by atoms with Crippen LogP contribution < -0.4 is 9.64 Å². The van der Waals surface area contributed by atoms with Crippen molar-refractivity contribution in [2.75, 3.05) is 18.1 Å². The van der Waals surface area contributed by atoms with Crippen molar-refractivity contribution in [1.29, 1.82) is 0 Å². The third-order valence-corrected chi connectivity index (χ3v) is 3.57. The highest BCUT2D eigenvalue weighted by Crippen LogP contribution is 2.22. The minimum Gasteiger partial charge on any atom is -0.494 e. The smallest absolute Gasteiger partial charge is 0.161 e. The molecular weight excluding hydrogens is 286 g/mol. The summed E-state index contributed by atoms with van der Waals surface area (Å²) >= 11 is 0. The highest BCUT2D eigenvalue weighted by molar-refractivity contribution is 6.19. The number of carbonyl (C=O) groups is 1. The van der Waals surface area contributed by atoms with Crippen LogP contribution in [0.2, 0.25) is 0 Å². The van der Waals surface area contributed by atoms with Gasteiger partial charge in [0.05, 0.1) is 6.61 Å². The maximum absolute atomic E-state index is 12.1. The highest BCUT2D eigenvalue weighted by Gasteiger charge is 2.10. The van der Waals surface area contributed by atoms with Crippen molar-refractivity contribution in [2.45, 2.75) is 20.8 Å². The molecule has 0 saturated carbocycles. The van der Waals surface area contributed by atoms with Gasteiger partial charge in [-0.2, -0.15) is 0 Å². The van der Waals surface area contributed by atoms with Crippen LogP contribution in [0.25, 0.3) is 5.57 Å². The summed E-state index contributed by atoms with van der Waals surface area (Å²) in [5.74, 6) is 0.859. The van der Waals surface area contributed by atoms with E-state index in [0.29, 0.717) is 12.2 Å². The molecule has 0 aliphatic heterocycles. The summed E-state index contributed by atoms with van der Waals surface area (Å²) < 4.78 is 5.46. The maximum Gasteiger partial charge on any atom is 0.161 e. The van der Waals surface area contributed by atoms with Gasteiger partial charge >= 0.3 is 0 Å². The standard InChI is InChI=1S/C20H23NO2/c1-4-21(18-9-7-6-8-10-18)15-20(16(3)22)17-11-13-19(14-12-17)23-5-2/h6-15H,4-5H2,1-3H3/b20-15+. The van der Waals surface area contributed by atoms with E-state index in [1.54, 1.807) is 6.92 Å². The Morgan fingerprint density at radius 3 is 2.22 bits per heavy atom. The number of carbonyl (C=O) groups excluding carboxylic acids is 1. The molecule has 0 saturated heterocycles. The Hall–Kier alpha value is -2.55. The molecule has 0 aromatic heterocycles. The molecule has 0 bridgehead atoms. The Kier molecular flexibility index (Phi) is 5.98. The van der Waals surface area contributed by atoms with Crippen LogP contribution in [0.1, 0.15) is 26.3 Å². The Balaban J connectivity index is 2.34. The average Bonchev–Trinajstić information content (AvgIpc) is 2.58. The van der Waals surface area contributed by atoms with Gasteiger partial charge in [-0.1, -0.05) is 30.3 Å². The fourth-order valence-electron chi connectivity index (χ4n) is 2.39. The van der Waals surface area contributed by atoms with Gasteiger partial charge in [0.25, 0.3) is 0 Å². The largest absolute Gasteiger partial charge is 0.494 e. The highest BCUT2D eigenvalue weighted by atomic mass is 16.5. The molecule has 3 nitrogen and oxygen atoms in total. The molecule has 0 aliphatic rings. The van der Waals surface area contributed by atoms with E-state index < -0.39 is 0 Å². The topological polar surface area (TPSA) is 29.5 Å². The van der Waals surface area contributed by atoms with Crippen molar-refractivity contribution in [1.82, 2.24) is 0 Å². The first kappa shape index (κ1) is 16.8. The van der Waals surface area contributed by atoms with Gasteiger partial charge < -0.3 is 9.64 Å². The molecule has 3 heteroatoms. The summed E-state index contributed by atoms with van der Waals surface area (Å²) in [6.45, 7) is 7.04. The van der Waals surface area contributed by atoms with E-state index in [1.807, 2.05) is 67.7 Å². The van der Waals surface area contributed by atoms with Gasteiger partial charge in [0, 0.05) is 24.0 Å². The molecule has 120 valence electrons. The molecule has 0 N–H and O–H groups in total. The molecule has 0 unspecified atom stereocenters. The van der Waals surface area contributed by atoms with Gasteiger partial charge in [-0.3, -0.25) is 4.79 Å². The predicted molar refractivity (Wildman–Crippen MR) is 95.7 cm³/mol. The van der Waals surface area contributed by atoms with Crippen LogP contribution in [-0.4, -0.2) is 18.9 Å². The number of ketones is 1. The summed E-state index contributed by atoms with van der Waals surface area (Å²) in [4.78, 5) is 14.2. The molecule has 23 heavy (non-hydrogen) atoms. The van der Waals surface area contributed by atoms with Crippen LogP contribution in [0.4, 0.5) is 5.69 Å². The van der Waals surface area contributed by atoms with Crippen LogP contribution in [0, 0.1) is 0 Å². The first-order valence-corrected chi connectivity index (χ1v) is 7.93. The minimum atomic E-state index is 0.0449. The number of allylic oxidation sites excluding steroid dienone is 1. The SMILES string of the molecule is CCOc1ccc(/C(=C/N(CC)c2ccccc2)C(C)=O)cc1. The van der Waals surface area contributed by atoms with Gasteiger partial charge in [0.15, 0.2) is 5.78 Å². The van der Waals surface area contributed by atoms with E-state index in [4.69, 9.17) is 4.74 Å². The van der Waals surface area contributed by atoms with Crippen LogP contribution >= 0.6 is 0 Å². The Labute approximate surface area is 138 Å². The van der Waals surface area contributed by atoms with Crippen LogP contribution in [0.5, 0.6) is 5.75 Å². The Morgan fingerprint density at radius 1 is 1.04 bits per heavy atom. The van der Waals surface area contributed by atoms with E-state index in [0.717, 1.165) is 23.5 Å². The minimum absolute atomic E-state index is 0.0449. The average molecular weight is 309 g/mol. The first-order chi connectivity index (χ1) is 11.2. The van der Waals surface area contributed by atoms with E-state index in [9.17, 15) is 4.79 Å². The summed E-state index contributed by atoms with van der Waals surface area (Å²) in [5, 5.41) is 0. The molecule has 0 atom stereocenters. The number of ether oxygens (including phenoxy) is 1. The molecule has 0 amide bonds. The summed E-state index contributed by atoms with van der Waals surface area (Å²) in [6, 6.07) is 17.7. The molecule has 0 spiro atoms. The third-order valence-electron chi connectivity index (χ3n) is 3.57. The lowest BCUT2D eigenvalue weighted by Crippen LogP contribution is -2.17. The van der Waals surface area contributed by atoms with Gasteiger partial charge in [-0.15, -0.1) is 0 Å². The second kappa shape index (κ2) is 8.18. The van der Waals surface area contributed by atoms with E-state index in [1.165, 1.54) is 0 Å². The number of rotatable bonds is 7.